The van der Waals surface area contributed by atoms with Crippen molar-refractivity contribution >= 4 is 31.9 Å². The van der Waals surface area contributed by atoms with Gasteiger partial charge in [0.25, 0.3) is 0 Å². The van der Waals surface area contributed by atoms with Gasteiger partial charge in [-0.05, 0) is 87.5 Å². The van der Waals surface area contributed by atoms with E-state index in [1.807, 2.05) is 26.0 Å². The van der Waals surface area contributed by atoms with Crippen LogP contribution in [0.25, 0.3) is 0 Å². The summed E-state index contributed by atoms with van der Waals surface area (Å²) in [5.41, 5.74) is 4.38. The fraction of sp³-hybridized carbons (Fsp3) is 0.360. The van der Waals surface area contributed by atoms with E-state index in [0.29, 0.717) is 39.6 Å². The molecule has 2 aromatic rings. The van der Waals surface area contributed by atoms with Gasteiger partial charge < -0.3 is 18.9 Å². The van der Waals surface area contributed by atoms with Gasteiger partial charge in [0.05, 0.1) is 35.4 Å². The number of hydrogen-bond acceptors (Lipinski definition) is 4. The van der Waals surface area contributed by atoms with Gasteiger partial charge in [-0.1, -0.05) is 36.4 Å². The zero-order valence-corrected chi connectivity index (χ0v) is 21.4. The molecular formula is C25H30Br2O4. The Balaban J connectivity index is 1.83. The topological polar surface area (TPSA) is 36.9 Å². The lowest BCUT2D eigenvalue weighted by Crippen LogP contribution is -2.08. The van der Waals surface area contributed by atoms with Gasteiger partial charge in [-0.15, -0.1) is 0 Å². The van der Waals surface area contributed by atoms with Crippen LogP contribution in [0.2, 0.25) is 0 Å². The molecule has 0 unspecified atom stereocenters. The molecule has 0 aliphatic carbocycles. The highest BCUT2D eigenvalue weighted by molar-refractivity contribution is 9.10. The SMILES string of the molecule is C=C(C)COCCOc1ccc(Cc2ccc(OCCOCC(=C)C)c(Br)c2)cc1Br. The summed E-state index contributed by atoms with van der Waals surface area (Å²) in [5.74, 6) is 1.61. The van der Waals surface area contributed by atoms with Gasteiger partial charge in [0.2, 0.25) is 0 Å². The van der Waals surface area contributed by atoms with Crippen molar-refractivity contribution < 1.29 is 18.9 Å². The van der Waals surface area contributed by atoms with Crippen LogP contribution < -0.4 is 9.47 Å². The summed E-state index contributed by atoms with van der Waals surface area (Å²) < 4.78 is 24.4. The number of hydrogen-bond donors (Lipinski definition) is 0. The molecular weight excluding hydrogens is 524 g/mol. The van der Waals surface area contributed by atoms with Crippen molar-refractivity contribution in [2.45, 2.75) is 20.3 Å². The molecule has 0 radical (unpaired) electrons. The minimum atomic E-state index is 0.498. The third-order valence-corrected chi connectivity index (χ3v) is 5.31. The van der Waals surface area contributed by atoms with E-state index in [1.54, 1.807) is 0 Å². The van der Waals surface area contributed by atoms with Crippen LogP contribution in [0.1, 0.15) is 25.0 Å². The van der Waals surface area contributed by atoms with Gasteiger partial charge in [-0.2, -0.15) is 0 Å². The van der Waals surface area contributed by atoms with E-state index in [4.69, 9.17) is 18.9 Å². The highest BCUT2D eigenvalue weighted by Gasteiger charge is 2.07. The maximum absolute atomic E-state index is 5.79. The summed E-state index contributed by atoms with van der Waals surface area (Å²) in [5, 5.41) is 0. The van der Waals surface area contributed by atoms with Crippen molar-refractivity contribution in [1.29, 1.82) is 0 Å². The second-order valence-electron chi connectivity index (χ2n) is 7.42. The molecule has 31 heavy (non-hydrogen) atoms. The first kappa shape index (κ1) is 25.7. The molecule has 0 fully saturated rings. The van der Waals surface area contributed by atoms with Crippen molar-refractivity contribution in [2.24, 2.45) is 0 Å². The smallest absolute Gasteiger partial charge is 0.133 e. The van der Waals surface area contributed by atoms with Gasteiger partial charge in [0.15, 0.2) is 0 Å². The molecule has 0 saturated carbocycles. The maximum Gasteiger partial charge on any atom is 0.133 e. The first-order chi connectivity index (χ1) is 14.8. The van der Waals surface area contributed by atoms with E-state index >= 15 is 0 Å². The third kappa shape index (κ3) is 10.0. The average Bonchev–Trinajstić information content (AvgIpc) is 2.70. The number of ether oxygens (including phenoxy) is 4. The Morgan fingerprint density at radius 1 is 0.710 bits per heavy atom. The highest BCUT2D eigenvalue weighted by Crippen LogP contribution is 2.29. The highest BCUT2D eigenvalue weighted by atomic mass is 79.9. The van der Waals surface area contributed by atoms with Crippen LogP contribution in [0, 0.1) is 0 Å². The summed E-state index contributed by atoms with van der Waals surface area (Å²) in [7, 11) is 0. The van der Waals surface area contributed by atoms with Crippen LogP contribution in [0.3, 0.4) is 0 Å². The number of benzene rings is 2. The van der Waals surface area contributed by atoms with Crippen LogP contribution in [0.4, 0.5) is 0 Å². The largest absolute Gasteiger partial charge is 0.490 e. The van der Waals surface area contributed by atoms with Crippen molar-refractivity contribution in [3.05, 3.63) is 80.8 Å². The standard InChI is InChI=1S/C25H30Br2O4/c1-18(2)16-28-9-11-30-24-7-5-20(14-22(24)26)13-21-6-8-25(23(27)15-21)31-12-10-29-17-19(3)4/h5-8,14-15H,1,3,9-13,16-17H2,2,4H3. The molecule has 0 aromatic heterocycles. The Morgan fingerprint density at radius 3 is 1.48 bits per heavy atom. The van der Waals surface area contributed by atoms with Crippen LogP contribution in [-0.2, 0) is 15.9 Å². The number of halogens is 2. The second kappa shape index (κ2) is 13.7. The molecule has 0 aliphatic heterocycles. The van der Waals surface area contributed by atoms with Crippen LogP contribution >= 0.6 is 31.9 Å². The summed E-state index contributed by atoms with van der Waals surface area (Å²) in [6, 6.07) is 12.3. The maximum atomic E-state index is 5.79. The van der Waals surface area contributed by atoms with E-state index in [1.165, 1.54) is 11.1 Å². The molecule has 0 amide bonds. The van der Waals surface area contributed by atoms with Crippen molar-refractivity contribution in [1.82, 2.24) is 0 Å². The molecule has 0 bridgehead atoms. The molecule has 0 saturated heterocycles. The van der Waals surface area contributed by atoms with Crippen molar-refractivity contribution in [3.8, 4) is 11.5 Å². The molecule has 0 heterocycles. The van der Waals surface area contributed by atoms with E-state index < -0.39 is 0 Å². The van der Waals surface area contributed by atoms with Gasteiger partial charge in [0, 0.05) is 0 Å². The predicted octanol–water partition coefficient (Wildman–Crippen LogP) is 6.75. The van der Waals surface area contributed by atoms with Gasteiger partial charge in [-0.25, -0.2) is 0 Å². The van der Waals surface area contributed by atoms with Gasteiger partial charge >= 0.3 is 0 Å². The molecule has 0 aliphatic rings. The monoisotopic (exact) mass is 552 g/mol. The fourth-order valence-corrected chi connectivity index (χ4v) is 3.77. The Labute approximate surface area is 202 Å². The molecule has 2 aromatic carbocycles. The predicted molar refractivity (Wildman–Crippen MR) is 133 cm³/mol. The Morgan fingerprint density at radius 2 is 1.13 bits per heavy atom. The second-order valence-corrected chi connectivity index (χ2v) is 9.13. The van der Waals surface area contributed by atoms with E-state index in [2.05, 4.69) is 69.3 Å². The molecule has 4 nitrogen and oxygen atoms in total. The summed E-state index contributed by atoms with van der Waals surface area (Å²) in [6.07, 6.45) is 0.807. The van der Waals surface area contributed by atoms with E-state index in [-0.39, 0.29) is 0 Å². The fourth-order valence-electron chi connectivity index (χ4n) is 2.69. The summed E-state index contributed by atoms with van der Waals surface area (Å²) in [4.78, 5) is 0. The zero-order valence-electron chi connectivity index (χ0n) is 18.2. The molecule has 168 valence electrons. The lowest BCUT2D eigenvalue weighted by Gasteiger charge is -2.12. The summed E-state index contributed by atoms with van der Waals surface area (Å²) in [6.45, 7) is 14.7. The third-order valence-electron chi connectivity index (χ3n) is 4.07. The quantitative estimate of drug-likeness (QED) is 0.192. The Bertz CT molecular complexity index is 808. The molecule has 2 rings (SSSR count). The normalized spacial score (nSPS) is 10.7. The molecule has 0 atom stereocenters. The van der Waals surface area contributed by atoms with Crippen LogP contribution in [-0.4, -0.2) is 39.6 Å². The van der Waals surface area contributed by atoms with Gasteiger partial charge in [0.1, 0.15) is 24.7 Å². The first-order valence-electron chi connectivity index (χ1n) is 10.1. The Hall–Kier alpha value is -1.60. The lowest BCUT2D eigenvalue weighted by atomic mass is 10.0. The van der Waals surface area contributed by atoms with E-state index in [9.17, 15) is 0 Å². The zero-order chi connectivity index (χ0) is 22.6. The Kier molecular flexibility index (Phi) is 11.4. The van der Waals surface area contributed by atoms with Crippen molar-refractivity contribution in [3.63, 3.8) is 0 Å². The molecule has 0 spiro atoms. The van der Waals surface area contributed by atoms with Crippen molar-refractivity contribution in [2.75, 3.05) is 39.6 Å². The molecule has 0 N–H and O–H groups in total. The lowest BCUT2D eigenvalue weighted by molar-refractivity contribution is 0.116. The van der Waals surface area contributed by atoms with Gasteiger partial charge in [-0.3, -0.25) is 0 Å². The average molecular weight is 554 g/mol. The van der Waals surface area contributed by atoms with Crippen LogP contribution in [0.5, 0.6) is 11.5 Å². The summed E-state index contributed by atoms with van der Waals surface area (Å²) >= 11 is 7.21. The minimum Gasteiger partial charge on any atom is -0.490 e. The minimum absolute atomic E-state index is 0.498. The molecule has 6 heteroatoms. The van der Waals surface area contributed by atoms with E-state index in [0.717, 1.165) is 38.0 Å². The first-order valence-corrected chi connectivity index (χ1v) is 11.7. The van der Waals surface area contributed by atoms with Crippen LogP contribution in [0.15, 0.2) is 69.6 Å². The number of rotatable bonds is 14.